The Hall–Kier alpha value is -0.950. The Balaban J connectivity index is 1.41. The van der Waals surface area contributed by atoms with Crippen molar-refractivity contribution in [1.82, 2.24) is 9.88 Å². The van der Waals surface area contributed by atoms with Crippen molar-refractivity contribution in [3.05, 3.63) is 60.7 Å². The highest BCUT2D eigenvalue weighted by Crippen LogP contribution is 2.46. The molecule has 1 N–H and O–H groups in total. The maximum Gasteiger partial charge on any atom is 0.225 e. The van der Waals surface area contributed by atoms with Gasteiger partial charge in [-0.05, 0) is 108 Å². The normalized spacial score (nSPS) is 25.8. The molecule has 1 amide bonds. The summed E-state index contributed by atoms with van der Waals surface area (Å²) >= 11 is 13.9. The maximum atomic E-state index is 13.1. The van der Waals surface area contributed by atoms with Crippen molar-refractivity contribution in [3.8, 4) is 0 Å². The van der Waals surface area contributed by atoms with Gasteiger partial charge in [-0.3, -0.25) is 9.78 Å². The number of carbonyl (C=O) groups is 1. The molecule has 1 aromatic carbocycles. The predicted octanol–water partition coefficient (Wildman–Crippen LogP) is 6.28. The average molecular weight is 597 g/mol. The first-order chi connectivity index (χ1) is 15.9. The van der Waals surface area contributed by atoms with Crippen molar-refractivity contribution < 1.29 is 9.90 Å². The lowest BCUT2D eigenvalue weighted by Crippen LogP contribution is -2.44. The third-order valence-electron chi connectivity index (χ3n) is 7.79. The Morgan fingerprint density at radius 3 is 2.42 bits per heavy atom. The van der Waals surface area contributed by atoms with Crippen molar-refractivity contribution in [2.45, 2.75) is 63.4 Å². The highest BCUT2D eigenvalue weighted by atomic mass is 79.9. The van der Waals surface area contributed by atoms with Crippen LogP contribution < -0.4 is 0 Å². The summed E-state index contributed by atoms with van der Waals surface area (Å²) in [6.45, 7) is 1.59. The van der Waals surface area contributed by atoms with E-state index in [2.05, 4.69) is 48.9 Å². The van der Waals surface area contributed by atoms with Gasteiger partial charge in [0.25, 0.3) is 0 Å². The van der Waals surface area contributed by atoms with Gasteiger partial charge in [0.2, 0.25) is 5.91 Å². The SMILES string of the molecule is O=C(C1CCC(O)CC1)N1CCC([C@H]2c3ncc(Br)cc3CCc3cc(Cl)cc(Br)c32)CC1. The Kier molecular flexibility index (Phi) is 7.18. The summed E-state index contributed by atoms with van der Waals surface area (Å²) in [4.78, 5) is 20.1. The standard InChI is InChI=1S/C26H29Br2ClN2O2/c27-19-11-18-2-1-17-12-20(29)13-22(28)23(17)24(25(18)30-14-19)15-7-9-31(10-8-15)26(33)16-3-5-21(32)6-4-16/h11-16,21,24,32H,1-10H2/t16?,21?,24-/m1/s1. The van der Waals surface area contributed by atoms with Gasteiger partial charge in [-0.2, -0.15) is 0 Å². The lowest BCUT2D eigenvalue weighted by Gasteiger charge is -2.39. The Bertz CT molecular complexity index is 1050. The molecular weight excluding hydrogens is 568 g/mol. The highest BCUT2D eigenvalue weighted by molar-refractivity contribution is 9.10. The van der Waals surface area contributed by atoms with Gasteiger partial charge >= 0.3 is 0 Å². The van der Waals surface area contributed by atoms with Crippen LogP contribution in [-0.2, 0) is 17.6 Å². The molecule has 2 heterocycles. The van der Waals surface area contributed by atoms with E-state index in [9.17, 15) is 9.90 Å². The number of fused-ring (bicyclic) bond motifs is 2. The highest BCUT2D eigenvalue weighted by Gasteiger charge is 2.37. The van der Waals surface area contributed by atoms with E-state index in [1.165, 1.54) is 22.4 Å². The van der Waals surface area contributed by atoms with Crippen molar-refractivity contribution in [2.24, 2.45) is 11.8 Å². The summed E-state index contributed by atoms with van der Waals surface area (Å²) in [5.41, 5.74) is 5.09. The molecule has 33 heavy (non-hydrogen) atoms. The van der Waals surface area contributed by atoms with E-state index in [0.29, 0.717) is 5.92 Å². The number of hydrogen-bond donors (Lipinski definition) is 1. The number of piperidine rings is 1. The predicted molar refractivity (Wildman–Crippen MR) is 138 cm³/mol. The second kappa shape index (κ2) is 9.96. The second-order valence-corrected chi connectivity index (χ2v) is 12.0. The molecule has 1 atom stereocenters. The molecule has 1 saturated carbocycles. The van der Waals surface area contributed by atoms with Gasteiger partial charge in [0, 0.05) is 45.1 Å². The number of pyridine rings is 1. The summed E-state index contributed by atoms with van der Waals surface area (Å²) in [5.74, 6) is 0.986. The summed E-state index contributed by atoms with van der Waals surface area (Å²) in [7, 11) is 0. The van der Waals surface area contributed by atoms with Crippen LogP contribution in [0.2, 0.25) is 5.02 Å². The lowest BCUT2D eigenvalue weighted by atomic mass is 9.76. The van der Waals surface area contributed by atoms with Crippen LogP contribution in [0.4, 0.5) is 0 Å². The number of amides is 1. The molecule has 2 aliphatic carbocycles. The fourth-order valence-electron chi connectivity index (χ4n) is 6.06. The smallest absolute Gasteiger partial charge is 0.225 e. The minimum Gasteiger partial charge on any atom is -0.393 e. The van der Waals surface area contributed by atoms with Gasteiger partial charge in [-0.1, -0.05) is 27.5 Å². The number of aliphatic hydroxyl groups is 1. The second-order valence-electron chi connectivity index (χ2n) is 9.80. The molecule has 1 aromatic heterocycles. The molecule has 3 aliphatic rings. The number of likely N-dealkylation sites (tertiary alicyclic amines) is 1. The van der Waals surface area contributed by atoms with E-state index < -0.39 is 0 Å². The minimum atomic E-state index is -0.227. The van der Waals surface area contributed by atoms with Crippen LogP contribution in [0.3, 0.4) is 0 Å². The fourth-order valence-corrected chi connectivity index (χ4v) is 7.56. The van der Waals surface area contributed by atoms with Crippen LogP contribution in [-0.4, -0.2) is 40.1 Å². The Morgan fingerprint density at radius 1 is 1.00 bits per heavy atom. The zero-order chi connectivity index (χ0) is 23.1. The van der Waals surface area contributed by atoms with Crippen LogP contribution in [0, 0.1) is 11.8 Å². The molecule has 0 bridgehead atoms. The van der Waals surface area contributed by atoms with Crippen LogP contribution in [0.15, 0.2) is 33.3 Å². The quantitative estimate of drug-likeness (QED) is 0.444. The molecular formula is C26H29Br2ClN2O2. The van der Waals surface area contributed by atoms with Crippen molar-refractivity contribution in [2.75, 3.05) is 13.1 Å². The molecule has 7 heteroatoms. The number of hydrogen-bond acceptors (Lipinski definition) is 3. The molecule has 1 aliphatic heterocycles. The molecule has 2 fully saturated rings. The third-order valence-corrected chi connectivity index (χ3v) is 9.09. The van der Waals surface area contributed by atoms with Crippen LogP contribution >= 0.6 is 43.5 Å². The molecule has 1 saturated heterocycles. The third kappa shape index (κ3) is 4.91. The van der Waals surface area contributed by atoms with Gasteiger partial charge in [-0.25, -0.2) is 0 Å². The molecule has 2 aromatic rings. The van der Waals surface area contributed by atoms with Gasteiger partial charge in [0.15, 0.2) is 0 Å². The summed E-state index contributed by atoms with van der Waals surface area (Å²) < 4.78 is 2.08. The van der Waals surface area contributed by atoms with E-state index in [1.54, 1.807) is 0 Å². The summed E-state index contributed by atoms with van der Waals surface area (Å²) in [6.07, 6.45) is 8.65. The summed E-state index contributed by atoms with van der Waals surface area (Å²) in [6, 6.07) is 6.34. The van der Waals surface area contributed by atoms with E-state index in [-0.39, 0.29) is 23.8 Å². The van der Waals surface area contributed by atoms with E-state index in [4.69, 9.17) is 16.6 Å². The van der Waals surface area contributed by atoms with Crippen molar-refractivity contribution in [1.29, 1.82) is 0 Å². The number of aliphatic hydroxyl groups excluding tert-OH is 1. The van der Waals surface area contributed by atoms with Crippen molar-refractivity contribution >= 4 is 49.4 Å². The Labute approximate surface area is 217 Å². The van der Waals surface area contributed by atoms with Gasteiger partial charge in [0.1, 0.15) is 0 Å². The first-order valence-corrected chi connectivity index (χ1v) is 14.0. The number of halogens is 3. The molecule has 176 valence electrons. The Morgan fingerprint density at radius 2 is 1.70 bits per heavy atom. The van der Waals surface area contributed by atoms with E-state index in [0.717, 1.165) is 78.4 Å². The molecule has 0 radical (unpaired) electrons. The zero-order valence-electron chi connectivity index (χ0n) is 18.6. The lowest BCUT2D eigenvalue weighted by molar-refractivity contribution is -0.138. The minimum absolute atomic E-state index is 0.0829. The molecule has 0 unspecified atom stereocenters. The first kappa shape index (κ1) is 23.8. The van der Waals surface area contributed by atoms with Crippen LogP contribution in [0.25, 0.3) is 0 Å². The number of carbonyl (C=O) groups excluding carboxylic acids is 1. The largest absolute Gasteiger partial charge is 0.393 e. The molecule has 5 rings (SSSR count). The fraction of sp³-hybridized carbons (Fsp3) is 0.538. The van der Waals surface area contributed by atoms with Gasteiger partial charge in [0.05, 0.1) is 11.8 Å². The first-order valence-electron chi connectivity index (χ1n) is 12.0. The average Bonchev–Trinajstić information content (AvgIpc) is 2.96. The maximum absolute atomic E-state index is 13.1. The number of benzene rings is 1. The van der Waals surface area contributed by atoms with Crippen LogP contribution in [0.1, 0.15) is 66.8 Å². The van der Waals surface area contributed by atoms with E-state index in [1.807, 2.05) is 12.3 Å². The number of rotatable bonds is 2. The van der Waals surface area contributed by atoms with Gasteiger partial charge in [-0.15, -0.1) is 0 Å². The monoisotopic (exact) mass is 594 g/mol. The van der Waals surface area contributed by atoms with E-state index >= 15 is 0 Å². The van der Waals surface area contributed by atoms with Gasteiger partial charge < -0.3 is 10.0 Å². The van der Waals surface area contributed by atoms with Crippen LogP contribution in [0.5, 0.6) is 0 Å². The summed E-state index contributed by atoms with van der Waals surface area (Å²) in [5, 5.41) is 10.6. The van der Waals surface area contributed by atoms with Crippen molar-refractivity contribution in [3.63, 3.8) is 0 Å². The molecule has 4 nitrogen and oxygen atoms in total. The molecule has 0 spiro atoms. The number of aromatic nitrogens is 1. The zero-order valence-corrected chi connectivity index (χ0v) is 22.5. The number of aryl methyl sites for hydroxylation is 2. The number of nitrogens with zero attached hydrogens (tertiary/aromatic N) is 2. The topological polar surface area (TPSA) is 53.4 Å².